The van der Waals surface area contributed by atoms with Gasteiger partial charge in [-0.1, -0.05) is 30.3 Å². The average Bonchev–Trinajstić information content (AvgIpc) is 2.96. The highest BCUT2D eigenvalue weighted by molar-refractivity contribution is 5.81. The topological polar surface area (TPSA) is 41.6 Å². The molecule has 0 aromatic heterocycles. The Hall–Kier alpha value is -1.39. The van der Waals surface area contributed by atoms with Crippen molar-refractivity contribution in [2.24, 2.45) is 5.92 Å². The van der Waals surface area contributed by atoms with Crippen LogP contribution in [0.25, 0.3) is 0 Å². The van der Waals surface area contributed by atoms with E-state index in [1.165, 1.54) is 5.56 Å². The molecule has 1 aromatic carbocycles. The molecule has 1 N–H and O–H groups in total. The van der Waals surface area contributed by atoms with Gasteiger partial charge in [0.05, 0.1) is 6.10 Å². The zero-order valence-corrected chi connectivity index (χ0v) is 14.2. The van der Waals surface area contributed by atoms with Crippen molar-refractivity contribution in [3.8, 4) is 0 Å². The van der Waals surface area contributed by atoms with E-state index in [0.29, 0.717) is 5.92 Å². The summed E-state index contributed by atoms with van der Waals surface area (Å²) in [5, 5.41) is 2.97. The van der Waals surface area contributed by atoms with Gasteiger partial charge in [0.25, 0.3) is 0 Å². The van der Waals surface area contributed by atoms with Gasteiger partial charge in [-0.15, -0.1) is 0 Å². The lowest BCUT2D eigenvalue weighted by Gasteiger charge is -2.34. The number of rotatable bonds is 5. The molecule has 0 aliphatic carbocycles. The second-order valence-electron chi connectivity index (χ2n) is 7.15. The van der Waals surface area contributed by atoms with E-state index in [1.54, 1.807) is 0 Å². The van der Waals surface area contributed by atoms with Crippen LogP contribution in [0.2, 0.25) is 0 Å². The molecule has 0 unspecified atom stereocenters. The van der Waals surface area contributed by atoms with Crippen LogP contribution in [0.3, 0.4) is 0 Å². The molecule has 2 saturated heterocycles. The summed E-state index contributed by atoms with van der Waals surface area (Å²) in [5.41, 5.74) is 1.39. The molecule has 4 heteroatoms. The Labute approximate surface area is 139 Å². The van der Waals surface area contributed by atoms with Crippen LogP contribution >= 0.6 is 0 Å². The van der Waals surface area contributed by atoms with Gasteiger partial charge in [-0.05, 0) is 51.1 Å². The summed E-state index contributed by atoms with van der Waals surface area (Å²) in [5.74, 6) is 0.608. The molecular weight excluding hydrogens is 288 g/mol. The highest BCUT2D eigenvalue weighted by atomic mass is 16.5. The van der Waals surface area contributed by atoms with Gasteiger partial charge in [0.1, 0.15) is 6.10 Å². The maximum atomic E-state index is 12.1. The monoisotopic (exact) mass is 316 g/mol. The number of likely N-dealkylation sites (tertiary alicyclic amines) is 1. The van der Waals surface area contributed by atoms with E-state index in [-0.39, 0.29) is 24.2 Å². The van der Waals surface area contributed by atoms with Crippen molar-refractivity contribution in [1.82, 2.24) is 10.2 Å². The highest BCUT2D eigenvalue weighted by Crippen LogP contribution is 2.33. The number of nitrogens with zero attached hydrogens (tertiary/aromatic N) is 1. The minimum atomic E-state index is -0.249. The third-order valence-corrected chi connectivity index (χ3v) is 4.92. The van der Waals surface area contributed by atoms with E-state index in [0.717, 1.165) is 38.9 Å². The molecule has 2 aliphatic heterocycles. The zero-order chi connectivity index (χ0) is 16.2. The molecule has 3 atom stereocenters. The van der Waals surface area contributed by atoms with E-state index in [1.807, 2.05) is 13.8 Å². The van der Waals surface area contributed by atoms with E-state index < -0.39 is 0 Å². The van der Waals surface area contributed by atoms with Crippen LogP contribution < -0.4 is 5.32 Å². The Bertz CT molecular complexity index is 517. The molecule has 23 heavy (non-hydrogen) atoms. The Morgan fingerprint density at radius 2 is 2.13 bits per heavy atom. The van der Waals surface area contributed by atoms with Crippen molar-refractivity contribution in [1.29, 1.82) is 0 Å². The molecule has 126 valence electrons. The SMILES string of the molecule is CC(C)NC(=O)[C@@H]1C[C@H]2CCN(CCc3ccccc3)C[C@@H]2O1. The molecule has 2 aliphatic rings. The van der Waals surface area contributed by atoms with Crippen LogP contribution in [0, 0.1) is 5.92 Å². The number of hydrogen-bond donors (Lipinski definition) is 1. The fourth-order valence-corrected chi connectivity index (χ4v) is 3.68. The first-order chi connectivity index (χ1) is 11.1. The fourth-order valence-electron chi connectivity index (χ4n) is 3.68. The Balaban J connectivity index is 1.48. The molecule has 1 aromatic rings. The first kappa shape index (κ1) is 16.5. The summed E-state index contributed by atoms with van der Waals surface area (Å²) in [6.45, 7) is 7.13. The van der Waals surface area contributed by atoms with E-state index >= 15 is 0 Å². The van der Waals surface area contributed by atoms with E-state index in [4.69, 9.17) is 4.74 Å². The van der Waals surface area contributed by atoms with Crippen LogP contribution in [0.15, 0.2) is 30.3 Å². The number of hydrogen-bond acceptors (Lipinski definition) is 3. The molecule has 0 spiro atoms. The molecule has 2 heterocycles. The number of carbonyl (C=O) groups excluding carboxylic acids is 1. The third-order valence-electron chi connectivity index (χ3n) is 4.92. The van der Waals surface area contributed by atoms with Crippen molar-refractivity contribution in [3.05, 3.63) is 35.9 Å². The maximum absolute atomic E-state index is 12.1. The summed E-state index contributed by atoms with van der Waals surface area (Å²) in [4.78, 5) is 14.6. The van der Waals surface area contributed by atoms with E-state index in [9.17, 15) is 4.79 Å². The average molecular weight is 316 g/mol. The quantitative estimate of drug-likeness (QED) is 0.906. The Morgan fingerprint density at radius 1 is 1.35 bits per heavy atom. The first-order valence-electron chi connectivity index (χ1n) is 8.84. The smallest absolute Gasteiger partial charge is 0.249 e. The van der Waals surface area contributed by atoms with Gasteiger partial charge in [0, 0.05) is 19.1 Å². The minimum absolute atomic E-state index is 0.0604. The standard InChI is InChI=1S/C19H28N2O2/c1-14(2)20-19(22)17-12-16-9-11-21(13-18(16)23-17)10-8-15-6-4-3-5-7-15/h3-7,14,16-18H,8-13H2,1-2H3,(H,20,22)/t16-,17+,18+/m1/s1. The molecule has 0 radical (unpaired) electrons. The number of ether oxygens (including phenoxy) is 1. The summed E-state index contributed by atoms with van der Waals surface area (Å²) >= 11 is 0. The third kappa shape index (κ3) is 4.33. The van der Waals surface area contributed by atoms with Crippen molar-refractivity contribution >= 4 is 5.91 Å². The number of piperidine rings is 1. The number of benzene rings is 1. The zero-order valence-electron chi connectivity index (χ0n) is 14.2. The predicted octanol–water partition coefficient (Wildman–Crippen LogP) is 2.23. The molecule has 4 nitrogen and oxygen atoms in total. The highest BCUT2D eigenvalue weighted by Gasteiger charge is 2.41. The van der Waals surface area contributed by atoms with Gasteiger partial charge >= 0.3 is 0 Å². The number of fused-ring (bicyclic) bond motifs is 1. The van der Waals surface area contributed by atoms with Gasteiger partial charge in [0.15, 0.2) is 0 Å². The number of amides is 1. The molecule has 0 bridgehead atoms. The maximum Gasteiger partial charge on any atom is 0.249 e. The van der Waals surface area contributed by atoms with Gasteiger partial charge in [-0.25, -0.2) is 0 Å². The van der Waals surface area contributed by atoms with Gasteiger partial charge < -0.3 is 15.0 Å². The fraction of sp³-hybridized carbons (Fsp3) is 0.632. The summed E-state index contributed by atoms with van der Waals surface area (Å²) in [6, 6.07) is 10.8. The first-order valence-corrected chi connectivity index (χ1v) is 8.84. The summed E-state index contributed by atoms with van der Waals surface area (Å²) in [7, 11) is 0. The molecule has 1 amide bonds. The second-order valence-corrected chi connectivity index (χ2v) is 7.15. The summed E-state index contributed by atoms with van der Waals surface area (Å²) < 4.78 is 6.06. The van der Waals surface area contributed by atoms with Crippen LogP contribution in [-0.2, 0) is 16.0 Å². The predicted molar refractivity (Wildman–Crippen MR) is 91.2 cm³/mol. The molecule has 2 fully saturated rings. The summed E-state index contributed by atoms with van der Waals surface area (Å²) in [6.07, 6.45) is 3.08. The number of carbonyl (C=O) groups is 1. The number of nitrogens with one attached hydrogen (secondary N) is 1. The largest absolute Gasteiger partial charge is 0.364 e. The second kappa shape index (κ2) is 7.45. The van der Waals surface area contributed by atoms with E-state index in [2.05, 4.69) is 40.5 Å². The van der Waals surface area contributed by atoms with Crippen molar-refractivity contribution in [3.63, 3.8) is 0 Å². The van der Waals surface area contributed by atoms with Crippen LogP contribution in [0.4, 0.5) is 0 Å². The lowest BCUT2D eigenvalue weighted by Crippen LogP contribution is -2.43. The van der Waals surface area contributed by atoms with Gasteiger partial charge in [-0.2, -0.15) is 0 Å². The van der Waals surface area contributed by atoms with Crippen molar-refractivity contribution < 1.29 is 9.53 Å². The molecule has 0 saturated carbocycles. The van der Waals surface area contributed by atoms with Crippen LogP contribution in [0.1, 0.15) is 32.3 Å². The molecular formula is C19H28N2O2. The minimum Gasteiger partial charge on any atom is -0.364 e. The van der Waals surface area contributed by atoms with Gasteiger partial charge in [-0.3, -0.25) is 4.79 Å². The normalized spacial score (nSPS) is 27.9. The van der Waals surface area contributed by atoms with Crippen molar-refractivity contribution in [2.75, 3.05) is 19.6 Å². The molecule has 3 rings (SSSR count). The van der Waals surface area contributed by atoms with Crippen LogP contribution in [-0.4, -0.2) is 48.7 Å². The Morgan fingerprint density at radius 3 is 2.87 bits per heavy atom. The van der Waals surface area contributed by atoms with Crippen molar-refractivity contribution in [2.45, 2.75) is 51.4 Å². The van der Waals surface area contributed by atoms with Crippen LogP contribution in [0.5, 0.6) is 0 Å². The Kier molecular flexibility index (Phi) is 5.34. The lowest BCUT2D eigenvalue weighted by atomic mass is 9.91. The lowest BCUT2D eigenvalue weighted by molar-refractivity contribution is -0.133. The van der Waals surface area contributed by atoms with Gasteiger partial charge in [0.2, 0.25) is 5.91 Å².